The Morgan fingerprint density at radius 1 is 0.292 bits per heavy atom. The quantitative estimate of drug-likeness (QED) is 0.159. The maximum atomic E-state index is 5.29. The average molecular weight is 625 g/mol. The molecule has 234 valence electrons. The molecule has 6 heteroatoms. The van der Waals surface area contributed by atoms with Gasteiger partial charge in [-0.1, -0.05) is 91.0 Å². The summed E-state index contributed by atoms with van der Waals surface area (Å²) in [6.07, 6.45) is 0. The molecule has 0 aliphatic carbocycles. The van der Waals surface area contributed by atoms with Crippen LogP contribution in [-0.4, -0.2) is 15.0 Å². The van der Waals surface area contributed by atoms with Gasteiger partial charge < -0.3 is 0 Å². The molecule has 48 heavy (non-hydrogen) atoms. The molecule has 0 unspecified atom stereocenters. The van der Waals surface area contributed by atoms with Gasteiger partial charge in [-0.3, -0.25) is 14.7 Å². The molecule has 0 radical (unpaired) electrons. The van der Waals surface area contributed by atoms with Crippen LogP contribution in [0.3, 0.4) is 0 Å². The minimum Gasteiger partial charge on any atom is -0.279 e. The zero-order chi connectivity index (χ0) is 32.9. The normalized spacial score (nSPS) is 10.8. The second-order valence-corrected chi connectivity index (χ2v) is 11.8. The van der Waals surface area contributed by atoms with Crippen molar-refractivity contribution in [3.8, 4) is 0 Å². The summed E-state index contributed by atoms with van der Waals surface area (Å²) in [5.41, 5.74) is 9.09. The van der Waals surface area contributed by atoms with Crippen LogP contribution in [0.25, 0.3) is 0 Å². The third-order valence-corrected chi connectivity index (χ3v) is 8.02. The molecule has 7 aromatic rings. The molecule has 7 rings (SSSR count). The Morgan fingerprint density at radius 3 is 0.792 bits per heavy atom. The minimum atomic E-state index is 0.494. The van der Waals surface area contributed by atoms with Gasteiger partial charge in [-0.15, -0.1) is 0 Å². The SMILES string of the molecule is Cc1cccc(N(c2ccccc2)c2nc(N(c3ccccc3)c3cccc(C)c3)nc(N(c3ccccc3)c3cccc(C)c3)n2)c1. The van der Waals surface area contributed by atoms with Crippen molar-refractivity contribution in [3.63, 3.8) is 0 Å². The van der Waals surface area contributed by atoms with E-state index in [1.807, 2.05) is 54.6 Å². The van der Waals surface area contributed by atoms with Crippen LogP contribution in [-0.2, 0) is 0 Å². The fourth-order valence-electron chi connectivity index (χ4n) is 5.82. The number of rotatable bonds is 9. The number of para-hydroxylation sites is 3. The highest BCUT2D eigenvalue weighted by atomic mass is 15.4. The van der Waals surface area contributed by atoms with Gasteiger partial charge in [-0.05, 0) is 110 Å². The molecule has 0 saturated carbocycles. The summed E-state index contributed by atoms with van der Waals surface area (Å²) >= 11 is 0. The molecule has 0 spiro atoms. The van der Waals surface area contributed by atoms with E-state index in [1.54, 1.807) is 0 Å². The van der Waals surface area contributed by atoms with Crippen molar-refractivity contribution in [3.05, 3.63) is 180 Å². The fourth-order valence-corrected chi connectivity index (χ4v) is 5.82. The lowest BCUT2D eigenvalue weighted by atomic mass is 10.2. The zero-order valence-electron chi connectivity index (χ0n) is 27.3. The molecule has 0 fully saturated rings. The van der Waals surface area contributed by atoms with Crippen molar-refractivity contribution in [1.82, 2.24) is 15.0 Å². The summed E-state index contributed by atoms with van der Waals surface area (Å²) in [5.74, 6) is 1.48. The lowest BCUT2D eigenvalue weighted by molar-refractivity contribution is 0.961. The van der Waals surface area contributed by atoms with Gasteiger partial charge >= 0.3 is 0 Å². The van der Waals surface area contributed by atoms with Crippen molar-refractivity contribution in [1.29, 1.82) is 0 Å². The van der Waals surface area contributed by atoms with Gasteiger partial charge in [0.2, 0.25) is 17.8 Å². The predicted molar refractivity (Wildman–Crippen MR) is 198 cm³/mol. The Labute approximate surface area is 282 Å². The molecule has 0 bridgehead atoms. The summed E-state index contributed by atoms with van der Waals surface area (Å²) in [6.45, 7) is 6.29. The molecule has 1 aromatic heterocycles. The Hall–Kier alpha value is -6.27. The maximum Gasteiger partial charge on any atom is 0.241 e. The van der Waals surface area contributed by atoms with E-state index >= 15 is 0 Å². The molecule has 0 N–H and O–H groups in total. The van der Waals surface area contributed by atoms with Crippen LogP contribution in [0.15, 0.2) is 164 Å². The molecule has 0 saturated heterocycles. The van der Waals surface area contributed by atoms with E-state index in [0.717, 1.165) is 50.8 Å². The molecule has 0 amide bonds. The van der Waals surface area contributed by atoms with Gasteiger partial charge in [0.25, 0.3) is 0 Å². The summed E-state index contributed by atoms with van der Waals surface area (Å²) in [7, 11) is 0. The second kappa shape index (κ2) is 13.6. The zero-order valence-corrected chi connectivity index (χ0v) is 27.3. The highest BCUT2D eigenvalue weighted by Crippen LogP contribution is 2.40. The van der Waals surface area contributed by atoms with Crippen molar-refractivity contribution in [2.24, 2.45) is 0 Å². The Bertz CT molecular complexity index is 1880. The van der Waals surface area contributed by atoms with Crippen LogP contribution in [0.5, 0.6) is 0 Å². The molecule has 1 heterocycles. The van der Waals surface area contributed by atoms with Crippen molar-refractivity contribution in [2.75, 3.05) is 14.7 Å². The van der Waals surface area contributed by atoms with Crippen LogP contribution in [0, 0.1) is 20.8 Å². The molecular formula is C42H36N6. The van der Waals surface area contributed by atoms with Gasteiger partial charge in [0.1, 0.15) is 0 Å². The standard InChI is InChI=1S/C42H36N6/c1-31-16-13-25-37(28-31)46(34-19-7-4-8-20-34)40-43-41(47(35-21-9-5-10-22-35)38-26-14-17-32(2)29-38)45-42(44-40)48(36-23-11-6-12-24-36)39-27-15-18-33(3)30-39/h4-30H,1-3H3. The molecule has 0 aliphatic heterocycles. The van der Waals surface area contributed by atoms with Gasteiger partial charge in [-0.25, -0.2) is 0 Å². The third kappa shape index (κ3) is 6.50. The van der Waals surface area contributed by atoms with Gasteiger partial charge in [0.15, 0.2) is 0 Å². The van der Waals surface area contributed by atoms with Crippen LogP contribution >= 0.6 is 0 Å². The number of hydrogen-bond donors (Lipinski definition) is 0. The van der Waals surface area contributed by atoms with Gasteiger partial charge in [-0.2, -0.15) is 15.0 Å². The predicted octanol–water partition coefficient (Wildman–Crippen LogP) is 11.2. The molecular weight excluding hydrogens is 589 g/mol. The second-order valence-electron chi connectivity index (χ2n) is 11.8. The highest BCUT2D eigenvalue weighted by molar-refractivity contribution is 5.80. The smallest absolute Gasteiger partial charge is 0.241 e. The van der Waals surface area contributed by atoms with E-state index in [2.05, 4.69) is 145 Å². The van der Waals surface area contributed by atoms with Crippen molar-refractivity contribution < 1.29 is 0 Å². The largest absolute Gasteiger partial charge is 0.279 e. The third-order valence-electron chi connectivity index (χ3n) is 8.02. The average Bonchev–Trinajstić information content (AvgIpc) is 3.10. The first kappa shape index (κ1) is 30.4. The Balaban J connectivity index is 1.55. The number of hydrogen-bond acceptors (Lipinski definition) is 6. The summed E-state index contributed by atoms with van der Waals surface area (Å²) in [6, 6.07) is 56.0. The fraction of sp³-hybridized carbons (Fsp3) is 0.0714. The summed E-state index contributed by atoms with van der Waals surface area (Å²) in [4.78, 5) is 22.2. The van der Waals surface area contributed by atoms with Crippen LogP contribution < -0.4 is 14.7 Å². The monoisotopic (exact) mass is 624 g/mol. The van der Waals surface area contributed by atoms with Crippen molar-refractivity contribution >= 4 is 52.0 Å². The molecule has 0 aliphatic rings. The number of nitrogens with zero attached hydrogens (tertiary/aromatic N) is 6. The van der Waals surface area contributed by atoms with Gasteiger partial charge in [0, 0.05) is 34.1 Å². The lowest BCUT2D eigenvalue weighted by Gasteiger charge is -2.30. The number of aryl methyl sites for hydroxylation is 3. The first-order chi connectivity index (χ1) is 23.5. The van der Waals surface area contributed by atoms with E-state index in [4.69, 9.17) is 15.0 Å². The van der Waals surface area contributed by atoms with Gasteiger partial charge in [0.05, 0.1) is 0 Å². The summed E-state index contributed by atoms with van der Waals surface area (Å²) < 4.78 is 0. The molecule has 6 nitrogen and oxygen atoms in total. The topological polar surface area (TPSA) is 48.4 Å². The van der Waals surface area contributed by atoms with E-state index in [-0.39, 0.29) is 0 Å². The highest BCUT2D eigenvalue weighted by Gasteiger charge is 2.26. The first-order valence-corrected chi connectivity index (χ1v) is 16.1. The van der Waals surface area contributed by atoms with E-state index in [9.17, 15) is 0 Å². The number of aromatic nitrogens is 3. The Kier molecular flexibility index (Phi) is 8.62. The lowest BCUT2D eigenvalue weighted by Crippen LogP contribution is -2.22. The van der Waals surface area contributed by atoms with Crippen LogP contribution in [0.4, 0.5) is 52.0 Å². The molecule has 0 atom stereocenters. The summed E-state index contributed by atoms with van der Waals surface area (Å²) in [5, 5.41) is 0. The van der Waals surface area contributed by atoms with Crippen LogP contribution in [0.1, 0.15) is 16.7 Å². The van der Waals surface area contributed by atoms with E-state index < -0.39 is 0 Å². The van der Waals surface area contributed by atoms with E-state index in [0.29, 0.717) is 17.8 Å². The first-order valence-electron chi connectivity index (χ1n) is 16.1. The molecule has 6 aromatic carbocycles. The maximum absolute atomic E-state index is 5.29. The number of benzene rings is 6. The Morgan fingerprint density at radius 2 is 0.542 bits per heavy atom. The van der Waals surface area contributed by atoms with Crippen molar-refractivity contribution in [2.45, 2.75) is 20.8 Å². The van der Waals surface area contributed by atoms with E-state index in [1.165, 1.54) is 0 Å². The number of anilines is 9. The minimum absolute atomic E-state index is 0.494. The van der Waals surface area contributed by atoms with Crippen LogP contribution in [0.2, 0.25) is 0 Å².